The fourth-order valence-electron chi connectivity index (χ4n) is 9.97. The Labute approximate surface area is 423 Å². The van der Waals surface area contributed by atoms with Gasteiger partial charge in [0, 0.05) is 63.6 Å². The summed E-state index contributed by atoms with van der Waals surface area (Å²) in [5.74, 6) is 0. The van der Waals surface area contributed by atoms with Crippen LogP contribution in [-0.2, 0) is 0 Å². The molecule has 0 radical (unpaired) electrons. The Morgan fingerprint density at radius 2 is 1.03 bits per heavy atom. The van der Waals surface area contributed by atoms with Crippen molar-refractivity contribution in [2.24, 2.45) is 0 Å². The van der Waals surface area contributed by atoms with Crippen LogP contribution in [0.2, 0.25) is 0 Å². The maximum atomic E-state index is 12.4. The summed E-state index contributed by atoms with van der Waals surface area (Å²) >= 11 is 2.77. The average Bonchev–Trinajstić information content (AvgIpc) is 1.82. The second kappa shape index (κ2) is 14.9. The fraction of sp³-hybridized carbons (Fsp3) is 0. The van der Waals surface area contributed by atoms with Crippen LogP contribution >= 0.6 is 22.7 Å². The average molecular weight is 917 g/mol. The highest BCUT2D eigenvalue weighted by atomic mass is 32.1. The van der Waals surface area contributed by atoms with Gasteiger partial charge in [0.2, 0.25) is 5.69 Å². The van der Waals surface area contributed by atoms with E-state index >= 15 is 0 Å². The van der Waals surface area contributed by atoms with Gasteiger partial charge in [0.1, 0.15) is 6.07 Å². The summed E-state index contributed by atoms with van der Waals surface area (Å²) in [5, 5.41) is 15.7. The van der Waals surface area contributed by atoms with E-state index in [1.807, 2.05) is 97.1 Å². The predicted molar refractivity (Wildman–Crippen MR) is 288 cm³/mol. The molecule has 4 heterocycles. The number of hydrogen-bond acceptors (Lipinski definition) is 3. The monoisotopic (exact) mass is 916 g/mol. The largest absolute Gasteiger partial charge is 0.318 e. The Balaban J connectivity index is 1.39. The third-order valence-electron chi connectivity index (χ3n) is 12.6. The molecule has 0 bridgehead atoms. The summed E-state index contributed by atoms with van der Waals surface area (Å²) in [6.45, 7) is 9.37. The van der Waals surface area contributed by atoms with Gasteiger partial charge in [0.15, 0.2) is 0 Å². The molecule has 10 aromatic carbocycles. The quantitative estimate of drug-likeness (QED) is 0.159. The minimum Gasteiger partial charge on any atom is -0.318 e. The first-order valence-electron chi connectivity index (χ1n) is 30.1. The number of para-hydroxylation sites is 2. The van der Waals surface area contributed by atoms with Gasteiger partial charge < -0.3 is 9.13 Å². The summed E-state index contributed by atoms with van der Waals surface area (Å²) in [7, 11) is 0. The van der Waals surface area contributed by atoms with Gasteiger partial charge in [0.05, 0.1) is 79.7 Å². The Morgan fingerprint density at radius 1 is 0.471 bits per heavy atom. The van der Waals surface area contributed by atoms with Crippen LogP contribution in [0.15, 0.2) is 206 Å². The molecule has 0 unspecified atom stereocenters. The van der Waals surface area contributed by atoms with Crippen LogP contribution in [-0.4, -0.2) is 9.13 Å². The van der Waals surface area contributed by atoms with Crippen LogP contribution in [0, 0.1) is 17.9 Å². The van der Waals surface area contributed by atoms with Crippen molar-refractivity contribution in [1.82, 2.24) is 9.13 Å². The lowest BCUT2D eigenvalue weighted by atomic mass is 9.88. The van der Waals surface area contributed by atoms with Crippen LogP contribution in [0.3, 0.4) is 0 Å². The number of nitriles is 1. The molecule has 0 fully saturated rings. The van der Waals surface area contributed by atoms with E-state index in [1.54, 1.807) is 4.57 Å². The van der Waals surface area contributed by atoms with Crippen LogP contribution in [0.5, 0.6) is 0 Å². The highest BCUT2D eigenvalue weighted by Crippen LogP contribution is 2.55. The minimum absolute atomic E-state index is 0.368. The Bertz CT molecular complexity index is 5480. The van der Waals surface area contributed by atoms with E-state index in [4.69, 9.17) is 11.0 Å². The van der Waals surface area contributed by atoms with Gasteiger partial charge in [-0.15, -0.1) is 22.7 Å². The van der Waals surface area contributed by atoms with Gasteiger partial charge in [-0.05, 0) is 46.5 Å². The van der Waals surface area contributed by atoms with Crippen LogP contribution in [0.4, 0.5) is 5.69 Å². The Kier molecular flexibility index (Phi) is 5.39. The molecular formula is C62H34N4S2. The number of nitrogens with zero attached hydrogens (tertiary/aromatic N) is 4. The van der Waals surface area contributed by atoms with E-state index in [2.05, 4.69) is 10.9 Å². The van der Waals surface area contributed by atoms with E-state index in [1.165, 1.54) is 22.7 Å². The number of hydrogen-bond donors (Lipinski definition) is 0. The lowest BCUT2D eigenvalue weighted by molar-refractivity contribution is 1.14. The van der Waals surface area contributed by atoms with E-state index in [0.29, 0.717) is 31.2 Å². The molecule has 4 nitrogen and oxygen atoms in total. The van der Waals surface area contributed by atoms with Crippen LogP contribution < -0.4 is 0 Å². The van der Waals surface area contributed by atoms with E-state index in [0.717, 1.165) is 46.6 Å². The molecule has 0 saturated carbocycles. The van der Waals surface area contributed by atoms with Gasteiger partial charge in [-0.25, -0.2) is 4.85 Å². The minimum atomic E-state index is -0.898. The number of rotatable bonds is 5. The summed E-state index contributed by atoms with van der Waals surface area (Å²) in [4.78, 5) is 4.02. The molecule has 68 heavy (non-hydrogen) atoms. The van der Waals surface area contributed by atoms with Crippen molar-refractivity contribution in [3.05, 3.63) is 223 Å². The molecule has 14 rings (SSSR count). The normalized spacial score (nSPS) is 15.5. The molecule has 0 aliphatic carbocycles. The Hall–Kier alpha value is -8.78. The second-order valence-corrected chi connectivity index (χ2v) is 18.0. The molecule has 0 atom stereocenters. The van der Waals surface area contributed by atoms with Crippen molar-refractivity contribution < 1.29 is 24.7 Å². The zero-order valence-electron chi connectivity index (χ0n) is 52.8. The molecular weight excluding hydrogens is 865 g/mol. The van der Waals surface area contributed by atoms with E-state index in [-0.39, 0.29) is 5.69 Å². The number of aromatic nitrogens is 2. The maximum Gasteiger partial charge on any atom is 0.220 e. The number of fused-ring (bicyclic) bond motifs is 14. The van der Waals surface area contributed by atoms with E-state index in [9.17, 15) is 25.5 Å². The molecule has 0 amide bonds. The lowest BCUT2D eigenvalue weighted by Gasteiger charge is -2.26. The van der Waals surface area contributed by atoms with Gasteiger partial charge in [0.25, 0.3) is 0 Å². The van der Waals surface area contributed by atoms with Gasteiger partial charge >= 0.3 is 0 Å². The van der Waals surface area contributed by atoms with E-state index < -0.39 is 170 Å². The number of benzene rings is 10. The maximum absolute atomic E-state index is 12.4. The third kappa shape index (κ3) is 5.33. The zero-order chi connectivity index (χ0) is 60.7. The van der Waals surface area contributed by atoms with Crippen molar-refractivity contribution in [2.45, 2.75) is 0 Å². The highest BCUT2D eigenvalue weighted by molar-refractivity contribution is 7.27. The summed E-state index contributed by atoms with van der Waals surface area (Å²) in [6, 6.07) is 17.7. The van der Waals surface area contributed by atoms with Crippen molar-refractivity contribution in [3.8, 4) is 50.8 Å². The summed E-state index contributed by atoms with van der Waals surface area (Å²) in [6.07, 6.45) is 0. The molecule has 0 N–H and O–H groups in total. The van der Waals surface area contributed by atoms with Crippen molar-refractivity contribution in [3.63, 3.8) is 0 Å². The van der Waals surface area contributed by atoms with Gasteiger partial charge in [-0.1, -0.05) is 182 Å². The van der Waals surface area contributed by atoms with Crippen LogP contribution in [0.25, 0.3) is 134 Å². The van der Waals surface area contributed by atoms with Crippen LogP contribution in [0.1, 0.15) is 30.2 Å². The highest BCUT2D eigenvalue weighted by Gasteiger charge is 2.33. The lowest BCUT2D eigenvalue weighted by Crippen LogP contribution is -2.09. The molecule has 6 heteroatoms. The van der Waals surface area contributed by atoms with Gasteiger partial charge in [-0.3, -0.25) is 0 Å². The Morgan fingerprint density at radius 3 is 1.71 bits per heavy atom. The first-order chi connectivity index (χ1) is 41.2. The molecule has 14 aromatic rings. The zero-order valence-corrected chi connectivity index (χ0v) is 36.5. The van der Waals surface area contributed by atoms with Crippen molar-refractivity contribution >= 4 is 112 Å². The molecule has 0 aliphatic heterocycles. The first kappa shape index (κ1) is 24.7. The number of thiophene rings is 2. The molecule has 0 saturated heterocycles. The van der Waals surface area contributed by atoms with Crippen molar-refractivity contribution in [1.29, 1.82) is 5.26 Å². The molecule has 0 aliphatic rings. The third-order valence-corrected chi connectivity index (χ3v) is 15.0. The smallest absolute Gasteiger partial charge is 0.220 e. The molecule has 4 aromatic heterocycles. The molecule has 314 valence electrons. The fourth-order valence-corrected chi connectivity index (χ4v) is 12.5. The predicted octanol–water partition coefficient (Wildman–Crippen LogP) is 18.0. The SMILES string of the molecule is [2H]c1c([2H])c([2H])c(-c2c(C#N)c(-n3c4c(ccc5c6ccccc6sc54)c4ccc5c(sc6cccc(-c7ccccc7)c65)c43)c(-c3c([2H])c([2H])c([2H])c([2H])c3[2H])c(-n3c4c([2H])c([2H])c([2H])c([2H])c4c4c([2H])c([2H])c([2H])c([2H])c43)c2[N+]#[C-])c([2H])c1[2H]. The summed E-state index contributed by atoms with van der Waals surface area (Å²) in [5.41, 5.74) is -3.73. The van der Waals surface area contributed by atoms with Gasteiger partial charge in [-0.2, -0.15) is 5.26 Å². The summed E-state index contributed by atoms with van der Waals surface area (Å²) < 4.78 is 174. The van der Waals surface area contributed by atoms with Crippen molar-refractivity contribution in [2.75, 3.05) is 0 Å². The standard InChI is InChI=1S/C62H34N4S2/c1-64-56-53(38-20-7-3-8-21-38)48(36-63)57(54(39-22-9-4-10-23-39)60(56)65-49-28-14-11-24-41(49)42-25-12-15-29-50(42)65)66-58-44(32-34-46-43-26-13-16-30-51(43)67-61(46)58)45-33-35-47-55-40(37-18-5-2-6-19-37)27-17-31-52(55)68-62(47)59(45)66/h2-35H/i3D,4D,7D,8D,9D,10D,11D,12D,14D,15D,20D,21D,22D,23D,24D,25D,28D,29D. The topological polar surface area (TPSA) is 38.0 Å². The second-order valence-electron chi connectivity index (χ2n) is 15.9. The first-order valence-corrected chi connectivity index (χ1v) is 22.8. The molecule has 0 spiro atoms.